The standard InChI is InChI=1S/C11H18N4O2/c1-11(2,17-4)7-15-10(16)8-5-14-9(12-3)6-13-8/h5-6H,7H2,1-4H3,(H,12,14)(H,15,16). The SMILES string of the molecule is CNc1cnc(C(=O)NCC(C)(C)OC)cn1. The second-order valence-corrected chi connectivity index (χ2v) is 4.18. The number of carbonyl (C=O) groups is 1. The largest absolute Gasteiger partial charge is 0.377 e. The number of ether oxygens (including phenoxy) is 1. The number of hydrogen-bond acceptors (Lipinski definition) is 5. The molecule has 1 rings (SSSR count). The van der Waals surface area contributed by atoms with Gasteiger partial charge in [-0.05, 0) is 13.8 Å². The van der Waals surface area contributed by atoms with Gasteiger partial charge in [0.15, 0.2) is 0 Å². The Morgan fingerprint density at radius 3 is 2.59 bits per heavy atom. The molecule has 2 N–H and O–H groups in total. The van der Waals surface area contributed by atoms with Crippen molar-refractivity contribution in [1.29, 1.82) is 0 Å². The first-order valence-corrected chi connectivity index (χ1v) is 5.31. The number of nitrogens with zero attached hydrogens (tertiary/aromatic N) is 2. The molecule has 0 atom stereocenters. The van der Waals surface area contributed by atoms with Crippen LogP contribution >= 0.6 is 0 Å². The van der Waals surface area contributed by atoms with Crippen molar-refractivity contribution in [3.05, 3.63) is 18.1 Å². The maximum Gasteiger partial charge on any atom is 0.271 e. The van der Waals surface area contributed by atoms with Crippen LogP contribution in [0.25, 0.3) is 0 Å². The third-order valence-electron chi connectivity index (χ3n) is 2.37. The van der Waals surface area contributed by atoms with Crippen molar-refractivity contribution in [2.45, 2.75) is 19.4 Å². The predicted octanol–water partition coefficient (Wildman–Crippen LogP) is 0.673. The Labute approximate surface area is 101 Å². The predicted molar refractivity (Wildman–Crippen MR) is 65.0 cm³/mol. The van der Waals surface area contributed by atoms with Crippen molar-refractivity contribution in [3.8, 4) is 0 Å². The summed E-state index contributed by atoms with van der Waals surface area (Å²) in [6.07, 6.45) is 2.94. The first kappa shape index (κ1) is 13.4. The van der Waals surface area contributed by atoms with Gasteiger partial charge >= 0.3 is 0 Å². The van der Waals surface area contributed by atoms with E-state index >= 15 is 0 Å². The summed E-state index contributed by atoms with van der Waals surface area (Å²) in [7, 11) is 3.35. The Bertz CT molecular complexity index is 376. The van der Waals surface area contributed by atoms with Gasteiger partial charge < -0.3 is 15.4 Å². The molecule has 0 saturated carbocycles. The fourth-order valence-electron chi connectivity index (χ4n) is 1.03. The van der Waals surface area contributed by atoms with Crippen molar-refractivity contribution in [1.82, 2.24) is 15.3 Å². The maximum absolute atomic E-state index is 11.7. The van der Waals surface area contributed by atoms with E-state index in [4.69, 9.17) is 4.74 Å². The maximum atomic E-state index is 11.7. The topological polar surface area (TPSA) is 76.1 Å². The first-order chi connectivity index (χ1) is 7.98. The summed E-state index contributed by atoms with van der Waals surface area (Å²) in [5.41, 5.74) is -0.107. The molecule has 0 unspecified atom stereocenters. The molecule has 6 nitrogen and oxygen atoms in total. The Kier molecular flexibility index (Phi) is 4.39. The zero-order valence-corrected chi connectivity index (χ0v) is 10.6. The van der Waals surface area contributed by atoms with E-state index in [0.29, 0.717) is 12.4 Å². The van der Waals surface area contributed by atoms with Gasteiger partial charge in [0.25, 0.3) is 5.91 Å². The third kappa shape index (κ3) is 3.99. The molecular formula is C11H18N4O2. The average Bonchev–Trinajstić information content (AvgIpc) is 2.36. The van der Waals surface area contributed by atoms with Crippen molar-refractivity contribution < 1.29 is 9.53 Å². The highest BCUT2D eigenvalue weighted by molar-refractivity contribution is 5.92. The fraction of sp³-hybridized carbons (Fsp3) is 0.545. The summed E-state index contributed by atoms with van der Waals surface area (Å²) in [4.78, 5) is 19.7. The van der Waals surface area contributed by atoms with Crippen LogP contribution in [-0.4, -0.2) is 42.2 Å². The quantitative estimate of drug-likeness (QED) is 0.788. The Hall–Kier alpha value is -1.69. The molecule has 1 aromatic heterocycles. The molecule has 0 aliphatic carbocycles. The van der Waals surface area contributed by atoms with Gasteiger partial charge in [-0.2, -0.15) is 0 Å². The zero-order chi connectivity index (χ0) is 12.9. The van der Waals surface area contributed by atoms with Crippen molar-refractivity contribution in [2.24, 2.45) is 0 Å². The van der Waals surface area contributed by atoms with Crippen LogP contribution in [0.1, 0.15) is 24.3 Å². The minimum atomic E-state index is -0.395. The number of carbonyl (C=O) groups excluding carboxylic acids is 1. The van der Waals surface area contributed by atoms with E-state index in [1.807, 2.05) is 13.8 Å². The molecule has 0 aromatic carbocycles. The van der Waals surface area contributed by atoms with E-state index in [1.54, 1.807) is 14.2 Å². The van der Waals surface area contributed by atoms with Gasteiger partial charge in [-0.1, -0.05) is 0 Å². The molecule has 0 aliphatic heterocycles. The lowest BCUT2D eigenvalue weighted by Crippen LogP contribution is -2.40. The van der Waals surface area contributed by atoms with Gasteiger partial charge in [0.05, 0.1) is 18.0 Å². The summed E-state index contributed by atoms with van der Waals surface area (Å²) in [5.74, 6) is 0.365. The molecular weight excluding hydrogens is 220 g/mol. The van der Waals surface area contributed by atoms with Crippen LogP contribution in [0.4, 0.5) is 5.82 Å². The lowest BCUT2D eigenvalue weighted by molar-refractivity contribution is 0.0228. The second-order valence-electron chi connectivity index (χ2n) is 4.18. The van der Waals surface area contributed by atoms with Crippen LogP contribution in [0.3, 0.4) is 0 Å². The monoisotopic (exact) mass is 238 g/mol. The molecule has 1 aromatic rings. The number of anilines is 1. The first-order valence-electron chi connectivity index (χ1n) is 5.31. The number of nitrogens with one attached hydrogen (secondary N) is 2. The van der Waals surface area contributed by atoms with Crippen LogP contribution in [0.15, 0.2) is 12.4 Å². The van der Waals surface area contributed by atoms with Crippen molar-refractivity contribution in [3.63, 3.8) is 0 Å². The van der Waals surface area contributed by atoms with E-state index in [9.17, 15) is 4.79 Å². The molecule has 0 bridgehead atoms. The highest BCUT2D eigenvalue weighted by Crippen LogP contribution is 2.05. The minimum Gasteiger partial charge on any atom is -0.377 e. The van der Waals surface area contributed by atoms with Crippen LogP contribution in [-0.2, 0) is 4.74 Å². The van der Waals surface area contributed by atoms with Crippen LogP contribution in [0.5, 0.6) is 0 Å². The lowest BCUT2D eigenvalue weighted by Gasteiger charge is -2.22. The third-order valence-corrected chi connectivity index (χ3v) is 2.37. The Morgan fingerprint density at radius 1 is 1.41 bits per heavy atom. The van der Waals surface area contributed by atoms with E-state index in [-0.39, 0.29) is 11.6 Å². The summed E-state index contributed by atoms with van der Waals surface area (Å²) in [6.45, 7) is 4.20. The van der Waals surface area contributed by atoms with Gasteiger partial charge in [-0.15, -0.1) is 0 Å². The fourth-order valence-corrected chi connectivity index (χ4v) is 1.03. The van der Waals surface area contributed by atoms with Crippen LogP contribution < -0.4 is 10.6 Å². The van der Waals surface area contributed by atoms with Gasteiger partial charge in [0, 0.05) is 20.7 Å². The average molecular weight is 238 g/mol. The van der Waals surface area contributed by atoms with Gasteiger partial charge in [-0.25, -0.2) is 9.97 Å². The van der Waals surface area contributed by atoms with E-state index < -0.39 is 5.60 Å². The number of amides is 1. The van der Waals surface area contributed by atoms with Gasteiger partial charge in [0.2, 0.25) is 0 Å². The van der Waals surface area contributed by atoms with Crippen molar-refractivity contribution >= 4 is 11.7 Å². The molecule has 0 saturated heterocycles. The van der Waals surface area contributed by atoms with Crippen LogP contribution in [0, 0.1) is 0 Å². The van der Waals surface area contributed by atoms with E-state index in [0.717, 1.165) is 0 Å². The number of rotatable bonds is 5. The molecule has 1 amide bonds. The van der Waals surface area contributed by atoms with Crippen molar-refractivity contribution in [2.75, 3.05) is 26.0 Å². The summed E-state index contributed by atoms with van der Waals surface area (Å²) >= 11 is 0. The van der Waals surface area contributed by atoms with Gasteiger partial charge in [-0.3, -0.25) is 4.79 Å². The summed E-state index contributed by atoms with van der Waals surface area (Å²) in [6, 6.07) is 0. The second kappa shape index (κ2) is 5.58. The van der Waals surface area contributed by atoms with E-state index in [1.165, 1.54) is 12.4 Å². The molecule has 0 spiro atoms. The van der Waals surface area contributed by atoms with E-state index in [2.05, 4.69) is 20.6 Å². The number of aromatic nitrogens is 2. The highest BCUT2D eigenvalue weighted by atomic mass is 16.5. The summed E-state index contributed by atoms with van der Waals surface area (Å²) < 4.78 is 5.20. The van der Waals surface area contributed by atoms with Gasteiger partial charge in [0.1, 0.15) is 11.5 Å². The highest BCUT2D eigenvalue weighted by Gasteiger charge is 2.18. The number of hydrogen-bond donors (Lipinski definition) is 2. The van der Waals surface area contributed by atoms with Crippen LogP contribution in [0.2, 0.25) is 0 Å². The molecule has 17 heavy (non-hydrogen) atoms. The Morgan fingerprint density at radius 2 is 2.12 bits per heavy atom. The normalized spacial score (nSPS) is 11.1. The Balaban J connectivity index is 2.58. The minimum absolute atomic E-state index is 0.259. The number of methoxy groups -OCH3 is 1. The zero-order valence-electron chi connectivity index (χ0n) is 10.6. The molecule has 0 fully saturated rings. The molecule has 0 aliphatic rings. The smallest absolute Gasteiger partial charge is 0.271 e. The summed E-state index contributed by atoms with van der Waals surface area (Å²) in [5, 5.41) is 5.57. The lowest BCUT2D eigenvalue weighted by atomic mass is 10.1. The molecule has 6 heteroatoms. The molecule has 1 heterocycles. The molecule has 0 radical (unpaired) electrons. The molecule has 94 valence electrons.